The molecule has 1 aromatic heterocycles. The summed E-state index contributed by atoms with van der Waals surface area (Å²) in [5.74, 6) is -1.55. The van der Waals surface area contributed by atoms with E-state index in [1.807, 2.05) is 41.8 Å². The number of benzene rings is 2. The third kappa shape index (κ3) is 4.05. The number of ether oxygens (including phenoxy) is 1. The van der Waals surface area contributed by atoms with Gasteiger partial charge in [-0.25, -0.2) is 9.59 Å². The number of carbonyl (C=O) groups excluding carboxylic acids is 2. The Bertz CT molecular complexity index is 1180. The summed E-state index contributed by atoms with van der Waals surface area (Å²) in [5.41, 5.74) is 4.47. The molecule has 7 nitrogen and oxygen atoms in total. The van der Waals surface area contributed by atoms with Crippen LogP contribution in [-0.4, -0.2) is 47.2 Å². The molecule has 0 bridgehead atoms. The summed E-state index contributed by atoms with van der Waals surface area (Å²) in [6.45, 7) is 0.483. The number of hydrogen-bond acceptors (Lipinski definition) is 5. The number of nitrogens with one attached hydrogen (secondary N) is 1. The number of carboxylic acids is 1. The van der Waals surface area contributed by atoms with E-state index in [4.69, 9.17) is 4.74 Å². The molecule has 8 heteroatoms. The van der Waals surface area contributed by atoms with E-state index in [0.29, 0.717) is 24.3 Å². The zero-order valence-electron chi connectivity index (χ0n) is 18.3. The van der Waals surface area contributed by atoms with Crippen molar-refractivity contribution < 1.29 is 24.2 Å². The van der Waals surface area contributed by atoms with E-state index in [2.05, 4.69) is 17.4 Å². The van der Waals surface area contributed by atoms with Crippen molar-refractivity contribution in [1.29, 1.82) is 0 Å². The minimum atomic E-state index is -1.03. The lowest BCUT2D eigenvalue weighted by Gasteiger charge is -2.26. The number of fused-ring (bicyclic) bond motifs is 3. The molecular weight excluding hydrogens is 452 g/mol. The second kappa shape index (κ2) is 9.30. The standard InChI is InChI=1S/C26H24N2O5S/c29-24(28-13-5-11-21(28)25(30)31)23(22-12-6-14-34-22)27-26(32)33-15-20-18-9-3-1-7-16(18)17-8-2-4-10-19(17)20/h1-4,6-10,12,14,20-21,23H,5,11,13,15H2,(H,27,32)(H,30,31). The lowest BCUT2D eigenvalue weighted by molar-refractivity contribution is -0.149. The summed E-state index contributed by atoms with van der Waals surface area (Å²) < 4.78 is 5.62. The quantitative estimate of drug-likeness (QED) is 0.550. The smallest absolute Gasteiger partial charge is 0.408 e. The normalized spacial score (nSPS) is 17.6. The van der Waals surface area contributed by atoms with Crippen molar-refractivity contribution in [3.05, 3.63) is 82.0 Å². The Morgan fingerprint density at radius 1 is 1.03 bits per heavy atom. The predicted octanol–water partition coefficient (Wildman–Crippen LogP) is 4.40. The maximum absolute atomic E-state index is 13.3. The van der Waals surface area contributed by atoms with Crippen LogP contribution in [0.1, 0.15) is 40.8 Å². The molecule has 0 saturated carbocycles. The van der Waals surface area contributed by atoms with Gasteiger partial charge in [-0.05, 0) is 46.5 Å². The summed E-state index contributed by atoms with van der Waals surface area (Å²) in [6, 6.07) is 17.8. The van der Waals surface area contributed by atoms with Crippen molar-refractivity contribution in [1.82, 2.24) is 10.2 Å². The van der Waals surface area contributed by atoms with Crippen molar-refractivity contribution in [2.75, 3.05) is 13.2 Å². The van der Waals surface area contributed by atoms with Crippen LogP contribution in [0.5, 0.6) is 0 Å². The number of likely N-dealkylation sites (tertiary alicyclic amines) is 1. The number of carboxylic acid groups (broad SMARTS) is 1. The molecule has 2 heterocycles. The van der Waals surface area contributed by atoms with Crippen molar-refractivity contribution in [2.24, 2.45) is 0 Å². The average molecular weight is 477 g/mol. The number of amides is 2. The Kier molecular flexibility index (Phi) is 6.06. The van der Waals surface area contributed by atoms with Gasteiger partial charge in [0, 0.05) is 17.3 Å². The molecule has 5 rings (SSSR count). The molecule has 2 aliphatic rings. The predicted molar refractivity (Wildman–Crippen MR) is 128 cm³/mol. The summed E-state index contributed by atoms with van der Waals surface area (Å²) in [6.07, 6.45) is 0.313. The van der Waals surface area contributed by atoms with Gasteiger partial charge in [-0.2, -0.15) is 0 Å². The fourth-order valence-corrected chi connectivity index (χ4v) is 5.69. The molecule has 2 aromatic carbocycles. The van der Waals surface area contributed by atoms with Gasteiger partial charge in [-0.15, -0.1) is 11.3 Å². The molecular formula is C26H24N2O5S. The Labute approximate surface area is 201 Å². The first kappa shape index (κ1) is 22.2. The van der Waals surface area contributed by atoms with Gasteiger partial charge < -0.3 is 20.1 Å². The minimum absolute atomic E-state index is 0.0935. The van der Waals surface area contributed by atoms with E-state index >= 15 is 0 Å². The van der Waals surface area contributed by atoms with E-state index in [9.17, 15) is 19.5 Å². The van der Waals surface area contributed by atoms with Gasteiger partial charge in [0.2, 0.25) is 0 Å². The summed E-state index contributed by atoms with van der Waals surface area (Å²) >= 11 is 1.33. The van der Waals surface area contributed by atoms with Crippen LogP contribution >= 0.6 is 11.3 Å². The monoisotopic (exact) mass is 476 g/mol. The highest BCUT2D eigenvalue weighted by Crippen LogP contribution is 2.44. The number of nitrogens with zero attached hydrogens (tertiary/aromatic N) is 1. The molecule has 2 atom stereocenters. The van der Waals surface area contributed by atoms with E-state index in [1.54, 1.807) is 12.1 Å². The van der Waals surface area contributed by atoms with Crippen molar-refractivity contribution in [3.63, 3.8) is 0 Å². The van der Waals surface area contributed by atoms with Crippen LogP contribution in [0.4, 0.5) is 4.79 Å². The first-order chi connectivity index (χ1) is 16.5. The topological polar surface area (TPSA) is 95.9 Å². The highest BCUT2D eigenvalue weighted by Gasteiger charge is 2.39. The maximum atomic E-state index is 13.3. The van der Waals surface area contributed by atoms with Crippen molar-refractivity contribution in [3.8, 4) is 11.1 Å². The fraction of sp³-hybridized carbons (Fsp3) is 0.269. The van der Waals surface area contributed by atoms with Gasteiger partial charge in [0.1, 0.15) is 18.7 Å². The van der Waals surface area contributed by atoms with E-state index in [0.717, 1.165) is 22.3 Å². The van der Waals surface area contributed by atoms with Crippen molar-refractivity contribution >= 4 is 29.3 Å². The molecule has 3 aromatic rings. The second-order valence-electron chi connectivity index (χ2n) is 8.45. The molecule has 1 aliphatic carbocycles. The first-order valence-corrected chi connectivity index (χ1v) is 12.1. The number of thiophene rings is 1. The largest absolute Gasteiger partial charge is 0.480 e. The fourth-order valence-electron chi connectivity index (χ4n) is 4.92. The lowest BCUT2D eigenvalue weighted by atomic mass is 9.98. The van der Waals surface area contributed by atoms with Gasteiger partial charge in [0.25, 0.3) is 5.91 Å². The van der Waals surface area contributed by atoms with Gasteiger partial charge in [0.05, 0.1) is 0 Å². The van der Waals surface area contributed by atoms with Gasteiger partial charge in [-0.3, -0.25) is 4.79 Å². The first-order valence-electron chi connectivity index (χ1n) is 11.2. The van der Waals surface area contributed by atoms with E-state index in [1.165, 1.54) is 16.2 Å². The van der Waals surface area contributed by atoms with E-state index < -0.39 is 30.1 Å². The number of rotatable bonds is 6. The Morgan fingerprint density at radius 2 is 1.71 bits per heavy atom. The number of aliphatic carboxylic acids is 1. The summed E-state index contributed by atoms with van der Waals surface area (Å²) in [7, 11) is 0. The lowest BCUT2D eigenvalue weighted by Crippen LogP contribution is -2.47. The highest BCUT2D eigenvalue weighted by molar-refractivity contribution is 7.10. The third-order valence-electron chi connectivity index (χ3n) is 6.50. The minimum Gasteiger partial charge on any atom is -0.480 e. The van der Waals surface area contributed by atoms with Crippen LogP contribution in [0.2, 0.25) is 0 Å². The molecule has 1 saturated heterocycles. The molecule has 174 valence electrons. The number of hydrogen-bond donors (Lipinski definition) is 2. The van der Waals surface area contributed by atoms with Crippen LogP contribution in [0.25, 0.3) is 11.1 Å². The Hall–Kier alpha value is -3.65. The van der Waals surface area contributed by atoms with Gasteiger partial charge >= 0.3 is 12.1 Å². The van der Waals surface area contributed by atoms with Crippen LogP contribution < -0.4 is 5.32 Å². The molecule has 1 aliphatic heterocycles. The molecule has 2 N–H and O–H groups in total. The molecule has 2 amide bonds. The van der Waals surface area contributed by atoms with E-state index in [-0.39, 0.29) is 12.5 Å². The summed E-state index contributed by atoms with van der Waals surface area (Å²) in [4.78, 5) is 39.7. The third-order valence-corrected chi connectivity index (χ3v) is 7.44. The van der Waals surface area contributed by atoms with Crippen LogP contribution in [0.3, 0.4) is 0 Å². The van der Waals surface area contributed by atoms with Crippen LogP contribution in [-0.2, 0) is 14.3 Å². The second-order valence-corrected chi connectivity index (χ2v) is 9.43. The number of carbonyl (C=O) groups is 3. The molecule has 0 spiro atoms. The van der Waals surface area contributed by atoms with Crippen molar-refractivity contribution in [2.45, 2.75) is 30.8 Å². The molecule has 2 unspecified atom stereocenters. The summed E-state index contributed by atoms with van der Waals surface area (Å²) in [5, 5.41) is 14.0. The highest BCUT2D eigenvalue weighted by atomic mass is 32.1. The van der Waals surface area contributed by atoms with Gasteiger partial charge in [0.15, 0.2) is 0 Å². The zero-order chi connectivity index (χ0) is 23.7. The van der Waals surface area contributed by atoms with Crippen LogP contribution in [0.15, 0.2) is 66.0 Å². The SMILES string of the molecule is O=C(NC(C(=O)N1CCCC1C(=O)O)c1cccs1)OCC1c2ccccc2-c2ccccc21. The zero-order valence-corrected chi connectivity index (χ0v) is 19.2. The Morgan fingerprint density at radius 3 is 2.32 bits per heavy atom. The Balaban J connectivity index is 1.31. The molecule has 1 fully saturated rings. The molecule has 34 heavy (non-hydrogen) atoms. The molecule has 0 radical (unpaired) electrons. The average Bonchev–Trinajstić information content (AvgIpc) is 3.60. The van der Waals surface area contributed by atoms with Gasteiger partial charge in [-0.1, -0.05) is 54.6 Å². The maximum Gasteiger partial charge on any atom is 0.408 e. The number of alkyl carbamates (subject to hydrolysis) is 1. The van der Waals surface area contributed by atoms with Crippen LogP contribution in [0, 0.1) is 0 Å².